The van der Waals surface area contributed by atoms with Gasteiger partial charge in [-0.25, -0.2) is 0 Å². The van der Waals surface area contributed by atoms with Gasteiger partial charge in [-0.15, -0.1) is 0 Å². The first-order valence-electron chi connectivity index (χ1n) is 7.30. The van der Waals surface area contributed by atoms with Crippen molar-refractivity contribution in [1.29, 1.82) is 0 Å². The van der Waals surface area contributed by atoms with Crippen molar-refractivity contribution in [2.45, 2.75) is 18.9 Å². The van der Waals surface area contributed by atoms with Gasteiger partial charge in [0.05, 0.1) is 29.3 Å². The second kappa shape index (κ2) is 6.63. The number of ether oxygens (including phenoxy) is 1. The van der Waals surface area contributed by atoms with Gasteiger partial charge in [-0.05, 0) is 30.5 Å². The van der Waals surface area contributed by atoms with Gasteiger partial charge in [0.2, 0.25) is 0 Å². The average molecular weight is 365 g/mol. The lowest BCUT2D eigenvalue weighted by atomic mass is 10.1. The van der Waals surface area contributed by atoms with Crippen LogP contribution in [-0.2, 0) is 14.9 Å². The van der Waals surface area contributed by atoms with Crippen LogP contribution in [0.1, 0.15) is 24.4 Å². The van der Waals surface area contributed by atoms with E-state index in [4.69, 9.17) is 27.9 Å². The number of benzene rings is 1. The van der Waals surface area contributed by atoms with Crippen molar-refractivity contribution in [1.82, 2.24) is 8.61 Å². The van der Waals surface area contributed by atoms with E-state index in [0.29, 0.717) is 42.9 Å². The molecule has 2 saturated heterocycles. The Morgan fingerprint density at radius 3 is 2.50 bits per heavy atom. The highest BCUT2D eigenvalue weighted by Gasteiger charge is 2.39. The Kier molecular flexibility index (Phi) is 4.97. The predicted octanol–water partition coefficient (Wildman–Crippen LogP) is 2.71. The van der Waals surface area contributed by atoms with Crippen LogP contribution in [0.15, 0.2) is 18.2 Å². The van der Waals surface area contributed by atoms with Crippen molar-refractivity contribution in [3.05, 3.63) is 33.8 Å². The molecular weight excluding hydrogens is 347 g/mol. The molecule has 5 nitrogen and oxygen atoms in total. The van der Waals surface area contributed by atoms with Crippen LogP contribution in [0.2, 0.25) is 10.0 Å². The fraction of sp³-hybridized carbons (Fsp3) is 0.571. The average Bonchev–Trinajstić information content (AvgIpc) is 3.01. The van der Waals surface area contributed by atoms with Crippen LogP contribution in [0, 0.1) is 0 Å². The lowest BCUT2D eigenvalue weighted by Crippen LogP contribution is -2.48. The molecule has 0 saturated carbocycles. The molecule has 2 aliphatic rings. The highest BCUT2D eigenvalue weighted by molar-refractivity contribution is 7.86. The molecule has 1 atom stereocenters. The Bertz CT molecular complexity index is 647. The van der Waals surface area contributed by atoms with Crippen molar-refractivity contribution in [2.75, 3.05) is 32.8 Å². The van der Waals surface area contributed by atoms with E-state index in [0.717, 1.165) is 18.4 Å². The Morgan fingerprint density at radius 1 is 1.09 bits per heavy atom. The molecular formula is C14H18Cl2N2O3S. The van der Waals surface area contributed by atoms with Gasteiger partial charge in [-0.3, -0.25) is 0 Å². The molecule has 0 aromatic heterocycles. The van der Waals surface area contributed by atoms with Gasteiger partial charge in [0.15, 0.2) is 0 Å². The smallest absolute Gasteiger partial charge is 0.282 e. The third-order valence-corrected chi connectivity index (χ3v) is 6.91. The molecule has 0 radical (unpaired) electrons. The van der Waals surface area contributed by atoms with Crippen LogP contribution in [0.25, 0.3) is 0 Å². The summed E-state index contributed by atoms with van der Waals surface area (Å²) in [5.74, 6) is 0. The van der Waals surface area contributed by atoms with E-state index in [1.807, 2.05) is 6.07 Å². The van der Waals surface area contributed by atoms with Gasteiger partial charge in [-0.1, -0.05) is 29.3 Å². The maximum atomic E-state index is 12.9. The highest BCUT2D eigenvalue weighted by atomic mass is 35.5. The second-order valence-corrected chi connectivity index (χ2v) is 8.16. The lowest BCUT2D eigenvalue weighted by Gasteiger charge is -2.33. The van der Waals surface area contributed by atoms with Crippen molar-refractivity contribution >= 4 is 33.4 Å². The molecule has 1 unspecified atom stereocenters. The van der Waals surface area contributed by atoms with Crippen LogP contribution in [-0.4, -0.2) is 49.9 Å². The number of morpholine rings is 1. The molecule has 2 aliphatic heterocycles. The quantitative estimate of drug-likeness (QED) is 0.828. The van der Waals surface area contributed by atoms with Crippen molar-refractivity contribution in [3.8, 4) is 0 Å². The zero-order valence-corrected chi connectivity index (χ0v) is 14.4. The van der Waals surface area contributed by atoms with Gasteiger partial charge in [0.1, 0.15) is 0 Å². The van der Waals surface area contributed by atoms with Gasteiger partial charge in [0, 0.05) is 19.6 Å². The molecule has 0 N–H and O–H groups in total. The molecule has 2 heterocycles. The van der Waals surface area contributed by atoms with Gasteiger partial charge < -0.3 is 4.74 Å². The van der Waals surface area contributed by atoms with E-state index in [1.165, 1.54) is 4.31 Å². The fourth-order valence-electron chi connectivity index (χ4n) is 2.99. The monoisotopic (exact) mass is 364 g/mol. The normalized spacial score (nSPS) is 24.7. The maximum absolute atomic E-state index is 12.9. The van der Waals surface area contributed by atoms with Crippen LogP contribution in [0.5, 0.6) is 0 Å². The van der Waals surface area contributed by atoms with E-state index >= 15 is 0 Å². The zero-order chi connectivity index (χ0) is 15.7. The number of nitrogens with zero attached hydrogens (tertiary/aromatic N) is 2. The van der Waals surface area contributed by atoms with Crippen LogP contribution in [0.4, 0.5) is 0 Å². The van der Waals surface area contributed by atoms with E-state index in [9.17, 15) is 8.42 Å². The van der Waals surface area contributed by atoms with Crippen LogP contribution in [0.3, 0.4) is 0 Å². The topological polar surface area (TPSA) is 49.9 Å². The Morgan fingerprint density at radius 2 is 1.82 bits per heavy atom. The SMILES string of the molecule is O=S(=O)(N1CCOCC1)N1CCCC1c1ccc(Cl)c(Cl)c1. The second-order valence-electron chi connectivity index (χ2n) is 5.46. The van der Waals surface area contributed by atoms with E-state index < -0.39 is 10.2 Å². The minimum absolute atomic E-state index is 0.178. The first kappa shape index (κ1) is 16.5. The van der Waals surface area contributed by atoms with Crippen molar-refractivity contribution in [3.63, 3.8) is 0 Å². The molecule has 22 heavy (non-hydrogen) atoms. The molecule has 1 aromatic rings. The third kappa shape index (κ3) is 3.13. The van der Waals surface area contributed by atoms with Gasteiger partial charge >= 0.3 is 0 Å². The highest BCUT2D eigenvalue weighted by Crippen LogP contribution is 2.37. The van der Waals surface area contributed by atoms with Crippen LogP contribution < -0.4 is 0 Å². The molecule has 1 aromatic carbocycles. The first-order valence-corrected chi connectivity index (χ1v) is 9.45. The fourth-order valence-corrected chi connectivity index (χ4v) is 5.12. The van der Waals surface area contributed by atoms with E-state index in [1.54, 1.807) is 16.4 Å². The summed E-state index contributed by atoms with van der Waals surface area (Å²) in [5.41, 5.74) is 0.892. The third-order valence-electron chi connectivity index (χ3n) is 4.12. The summed E-state index contributed by atoms with van der Waals surface area (Å²) >= 11 is 12.0. The Hall–Kier alpha value is -0.370. The summed E-state index contributed by atoms with van der Waals surface area (Å²) in [7, 11) is -3.47. The van der Waals surface area contributed by atoms with Gasteiger partial charge in [-0.2, -0.15) is 17.0 Å². The first-order chi connectivity index (χ1) is 10.5. The molecule has 0 aliphatic carbocycles. The standard InChI is InChI=1S/C14H18Cl2N2O3S/c15-12-4-3-11(10-13(12)16)14-2-1-5-18(14)22(19,20)17-6-8-21-9-7-17/h3-4,10,14H,1-2,5-9H2. The van der Waals surface area contributed by atoms with E-state index in [-0.39, 0.29) is 6.04 Å². The molecule has 3 rings (SSSR count). The largest absolute Gasteiger partial charge is 0.379 e. The summed E-state index contributed by atoms with van der Waals surface area (Å²) in [6.45, 7) is 2.25. The predicted molar refractivity (Wildman–Crippen MR) is 86.5 cm³/mol. The van der Waals surface area contributed by atoms with Crippen molar-refractivity contribution < 1.29 is 13.2 Å². The lowest BCUT2D eigenvalue weighted by molar-refractivity contribution is 0.0699. The molecule has 0 amide bonds. The van der Waals surface area contributed by atoms with Crippen LogP contribution >= 0.6 is 23.2 Å². The summed E-state index contributed by atoms with van der Waals surface area (Å²) in [5, 5.41) is 0.931. The molecule has 122 valence electrons. The van der Waals surface area contributed by atoms with E-state index in [2.05, 4.69) is 0 Å². The minimum Gasteiger partial charge on any atom is -0.379 e. The molecule has 0 spiro atoms. The summed E-state index contributed by atoms with van der Waals surface area (Å²) in [6.07, 6.45) is 1.63. The number of rotatable bonds is 3. The molecule has 2 fully saturated rings. The summed E-state index contributed by atoms with van der Waals surface area (Å²) < 4.78 is 34.1. The number of halogens is 2. The Balaban J connectivity index is 1.87. The molecule has 8 heteroatoms. The zero-order valence-electron chi connectivity index (χ0n) is 12.0. The number of hydrogen-bond donors (Lipinski definition) is 0. The molecule has 0 bridgehead atoms. The Labute approximate surface area is 140 Å². The van der Waals surface area contributed by atoms with Crippen molar-refractivity contribution in [2.24, 2.45) is 0 Å². The minimum atomic E-state index is -3.47. The van der Waals surface area contributed by atoms with Gasteiger partial charge in [0.25, 0.3) is 10.2 Å². The maximum Gasteiger partial charge on any atom is 0.282 e. The number of hydrogen-bond acceptors (Lipinski definition) is 3. The summed E-state index contributed by atoms with van der Waals surface area (Å²) in [6, 6.07) is 5.16. The summed E-state index contributed by atoms with van der Waals surface area (Å²) in [4.78, 5) is 0.